The second-order valence-corrected chi connectivity index (χ2v) is 7.88. The Labute approximate surface area is 159 Å². The van der Waals surface area contributed by atoms with Crippen molar-refractivity contribution in [2.24, 2.45) is 11.7 Å². The maximum atomic E-state index is 14.4. The van der Waals surface area contributed by atoms with E-state index in [1.165, 1.54) is 6.07 Å². The number of amides is 1. The smallest absolute Gasteiger partial charge is 0.250 e. The molecule has 140 valence electrons. The minimum absolute atomic E-state index is 0.278. The Morgan fingerprint density at radius 3 is 2.48 bits per heavy atom. The number of nitrogens with two attached hydrogens (primary N) is 1. The fourth-order valence-corrected chi connectivity index (χ4v) is 4.01. The number of carbonyl (C=O) groups is 1. The Hall–Kier alpha value is -2.75. The maximum Gasteiger partial charge on any atom is 0.250 e. The molecule has 1 heterocycles. The van der Waals surface area contributed by atoms with Crippen LogP contribution < -0.4 is 5.73 Å². The molecule has 2 N–H and O–H groups in total. The molecule has 0 aliphatic carbocycles. The van der Waals surface area contributed by atoms with E-state index in [0.717, 1.165) is 12.0 Å². The van der Waals surface area contributed by atoms with E-state index in [0.29, 0.717) is 29.0 Å². The second kappa shape index (κ2) is 7.47. The van der Waals surface area contributed by atoms with Gasteiger partial charge < -0.3 is 5.73 Å². The van der Waals surface area contributed by atoms with Gasteiger partial charge in [0.1, 0.15) is 11.3 Å². The van der Waals surface area contributed by atoms with E-state index in [2.05, 4.69) is 37.9 Å². The SMILES string of the molecule is CC(C)CC(C)(Cc1ccccc1)c1nc2c(F)cccc2cc1C(N)=O. The van der Waals surface area contributed by atoms with Crippen LogP contribution in [0.15, 0.2) is 54.6 Å². The van der Waals surface area contributed by atoms with Crippen LogP contribution in [-0.4, -0.2) is 10.9 Å². The zero-order chi connectivity index (χ0) is 19.6. The third-order valence-electron chi connectivity index (χ3n) is 4.93. The highest BCUT2D eigenvalue weighted by molar-refractivity contribution is 5.98. The number of hydrogen-bond donors (Lipinski definition) is 1. The largest absolute Gasteiger partial charge is 0.366 e. The Bertz CT molecular complexity index is 969. The third-order valence-corrected chi connectivity index (χ3v) is 4.93. The van der Waals surface area contributed by atoms with Crippen molar-refractivity contribution < 1.29 is 9.18 Å². The average Bonchev–Trinajstić information content (AvgIpc) is 2.61. The molecule has 0 fully saturated rings. The molecule has 0 saturated heterocycles. The van der Waals surface area contributed by atoms with E-state index < -0.39 is 17.1 Å². The minimum Gasteiger partial charge on any atom is -0.366 e. The van der Waals surface area contributed by atoms with E-state index in [1.54, 1.807) is 18.2 Å². The number of nitrogens with zero attached hydrogens (tertiary/aromatic N) is 1. The lowest BCUT2D eigenvalue weighted by Gasteiger charge is -2.33. The van der Waals surface area contributed by atoms with E-state index >= 15 is 0 Å². The summed E-state index contributed by atoms with van der Waals surface area (Å²) < 4.78 is 14.4. The first-order chi connectivity index (χ1) is 12.8. The summed E-state index contributed by atoms with van der Waals surface area (Å²) in [4.78, 5) is 16.9. The average molecular weight is 364 g/mol. The molecule has 3 aromatic rings. The summed E-state index contributed by atoms with van der Waals surface area (Å²) in [6.45, 7) is 6.35. The number of rotatable bonds is 6. The molecular weight excluding hydrogens is 339 g/mol. The van der Waals surface area contributed by atoms with Crippen molar-refractivity contribution >= 4 is 16.8 Å². The molecule has 0 bridgehead atoms. The van der Waals surface area contributed by atoms with Crippen molar-refractivity contribution in [2.75, 3.05) is 0 Å². The van der Waals surface area contributed by atoms with Gasteiger partial charge >= 0.3 is 0 Å². The molecule has 3 rings (SSSR count). The molecular formula is C23H25FN2O. The number of hydrogen-bond acceptors (Lipinski definition) is 2. The number of halogens is 1. The van der Waals surface area contributed by atoms with Gasteiger partial charge in [0.2, 0.25) is 0 Å². The Kier molecular flexibility index (Phi) is 5.26. The van der Waals surface area contributed by atoms with E-state index in [9.17, 15) is 9.18 Å². The Morgan fingerprint density at radius 2 is 1.85 bits per heavy atom. The predicted molar refractivity (Wildman–Crippen MR) is 107 cm³/mol. The number of pyridine rings is 1. The van der Waals surface area contributed by atoms with Gasteiger partial charge in [-0.3, -0.25) is 4.79 Å². The number of carbonyl (C=O) groups excluding carboxylic acids is 1. The van der Waals surface area contributed by atoms with Crippen molar-refractivity contribution in [1.29, 1.82) is 0 Å². The van der Waals surface area contributed by atoms with Gasteiger partial charge in [-0.1, -0.05) is 63.2 Å². The summed E-state index contributed by atoms with van der Waals surface area (Å²) in [5.74, 6) is -0.555. The van der Waals surface area contributed by atoms with Crippen LogP contribution in [-0.2, 0) is 11.8 Å². The summed E-state index contributed by atoms with van der Waals surface area (Å²) in [5, 5.41) is 0.583. The van der Waals surface area contributed by atoms with Crippen LogP contribution in [0.5, 0.6) is 0 Å². The molecule has 4 heteroatoms. The van der Waals surface area contributed by atoms with Gasteiger partial charge in [0, 0.05) is 10.8 Å². The minimum atomic E-state index is -0.535. The first kappa shape index (κ1) is 19.0. The summed E-state index contributed by atoms with van der Waals surface area (Å²) in [7, 11) is 0. The number of fused-ring (bicyclic) bond motifs is 1. The van der Waals surface area contributed by atoms with E-state index in [4.69, 9.17) is 5.73 Å². The van der Waals surface area contributed by atoms with Crippen LogP contribution in [0.25, 0.3) is 10.9 Å². The molecule has 2 aromatic carbocycles. The van der Waals surface area contributed by atoms with Gasteiger partial charge in [-0.25, -0.2) is 9.37 Å². The normalized spacial score (nSPS) is 13.7. The van der Waals surface area contributed by atoms with Crippen molar-refractivity contribution in [3.63, 3.8) is 0 Å². The number of benzene rings is 2. The first-order valence-electron chi connectivity index (χ1n) is 9.23. The monoisotopic (exact) mass is 364 g/mol. The van der Waals surface area contributed by atoms with Crippen LogP contribution in [0.2, 0.25) is 0 Å². The molecule has 0 aliphatic rings. The van der Waals surface area contributed by atoms with Crippen LogP contribution in [0.4, 0.5) is 4.39 Å². The summed E-state index contributed by atoms with van der Waals surface area (Å²) >= 11 is 0. The van der Waals surface area contributed by atoms with Crippen LogP contribution in [0, 0.1) is 11.7 Å². The molecule has 1 aromatic heterocycles. The molecule has 27 heavy (non-hydrogen) atoms. The Balaban J connectivity index is 2.23. The van der Waals surface area contributed by atoms with Gasteiger partial charge in [0.05, 0.1) is 11.3 Å². The maximum absolute atomic E-state index is 14.4. The highest BCUT2D eigenvalue weighted by atomic mass is 19.1. The van der Waals surface area contributed by atoms with Crippen molar-refractivity contribution in [1.82, 2.24) is 4.98 Å². The topological polar surface area (TPSA) is 56.0 Å². The quantitative estimate of drug-likeness (QED) is 0.668. The predicted octanol–water partition coefficient (Wildman–Crippen LogP) is 5.02. The summed E-state index contributed by atoms with van der Waals surface area (Å²) in [6.07, 6.45) is 1.49. The van der Waals surface area contributed by atoms with Gasteiger partial charge in [0.15, 0.2) is 0 Å². The molecule has 0 radical (unpaired) electrons. The Morgan fingerprint density at radius 1 is 1.15 bits per heavy atom. The fourth-order valence-electron chi connectivity index (χ4n) is 4.01. The number of primary amides is 1. The second-order valence-electron chi connectivity index (χ2n) is 7.88. The first-order valence-corrected chi connectivity index (χ1v) is 9.23. The molecule has 0 saturated carbocycles. The summed E-state index contributed by atoms with van der Waals surface area (Å²) in [5.41, 5.74) is 7.61. The highest BCUT2D eigenvalue weighted by Gasteiger charge is 2.34. The van der Waals surface area contributed by atoms with Gasteiger partial charge in [-0.2, -0.15) is 0 Å². The molecule has 1 atom stereocenters. The zero-order valence-corrected chi connectivity index (χ0v) is 16.0. The van der Waals surface area contributed by atoms with Crippen LogP contribution in [0.3, 0.4) is 0 Å². The molecule has 0 aliphatic heterocycles. The molecule has 3 nitrogen and oxygen atoms in total. The zero-order valence-electron chi connectivity index (χ0n) is 16.0. The van der Waals surface area contributed by atoms with Gasteiger partial charge in [-0.15, -0.1) is 0 Å². The summed E-state index contributed by atoms with van der Waals surface area (Å²) in [6, 6.07) is 16.5. The molecule has 1 amide bonds. The lowest BCUT2D eigenvalue weighted by atomic mass is 9.72. The van der Waals surface area contributed by atoms with Gasteiger partial charge in [-0.05, 0) is 36.5 Å². The highest BCUT2D eigenvalue weighted by Crippen LogP contribution is 2.37. The lowest BCUT2D eigenvalue weighted by molar-refractivity contribution is 0.0996. The van der Waals surface area contributed by atoms with E-state index in [-0.39, 0.29) is 5.52 Å². The van der Waals surface area contributed by atoms with Crippen LogP contribution >= 0.6 is 0 Å². The van der Waals surface area contributed by atoms with Crippen molar-refractivity contribution in [2.45, 2.75) is 39.0 Å². The van der Waals surface area contributed by atoms with Gasteiger partial charge in [0.25, 0.3) is 5.91 Å². The van der Waals surface area contributed by atoms with E-state index in [1.807, 2.05) is 18.2 Å². The standard InChI is InChI=1S/C23H25FN2O/c1-15(2)13-23(3,14-16-8-5-4-6-9-16)21-18(22(25)27)12-17-10-7-11-19(24)20(17)26-21/h4-12,15H,13-14H2,1-3H3,(H2,25,27). The number of aromatic nitrogens is 1. The molecule has 0 spiro atoms. The number of para-hydroxylation sites is 1. The molecule has 1 unspecified atom stereocenters. The van der Waals surface area contributed by atoms with Crippen molar-refractivity contribution in [3.8, 4) is 0 Å². The fraction of sp³-hybridized carbons (Fsp3) is 0.304. The van der Waals surface area contributed by atoms with Crippen LogP contribution in [0.1, 0.15) is 48.8 Å². The lowest BCUT2D eigenvalue weighted by Crippen LogP contribution is -2.32. The van der Waals surface area contributed by atoms with Crippen molar-refractivity contribution in [3.05, 3.63) is 77.2 Å². The third kappa shape index (κ3) is 4.00.